The van der Waals surface area contributed by atoms with Crippen LogP contribution in [0.5, 0.6) is 11.5 Å². The lowest BCUT2D eigenvalue weighted by Crippen LogP contribution is -2.20. The molecule has 3 aliphatic rings. The van der Waals surface area contributed by atoms with E-state index in [2.05, 4.69) is 13.8 Å². The Balaban J connectivity index is 1.64. The number of allylic oxidation sites excluding steroid dienone is 8. The van der Waals surface area contributed by atoms with E-state index in [-0.39, 0.29) is 48.8 Å². The zero-order chi connectivity index (χ0) is 29.6. The highest BCUT2D eigenvalue weighted by Gasteiger charge is 2.28. The average Bonchev–Trinajstić information content (AvgIpc) is 2.96. The van der Waals surface area contributed by atoms with E-state index in [1.807, 2.05) is 36.4 Å². The van der Waals surface area contributed by atoms with Crippen molar-refractivity contribution in [2.45, 2.75) is 65.2 Å². The molecule has 0 saturated heterocycles. The van der Waals surface area contributed by atoms with Gasteiger partial charge in [0.2, 0.25) is 0 Å². The van der Waals surface area contributed by atoms with Crippen molar-refractivity contribution < 1.29 is 28.7 Å². The molecule has 8 bridgehead atoms. The summed E-state index contributed by atoms with van der Waals surface area (Å²) in [6.07, 6.45) is 10.1. The van der Waals surface area contributed by atoms with Crippen LogP contribution >= 0.6 is 0 Å². The van der Waals surface area contributed by atoms with Crippen LogP contribution in [0.15, 0.2) is 83.0 Å². The van der Waals surface area contributed by atoms with E-state index in [1.165, 1.54) is 24.3 Å². The van der Waals surface area contributed by atoms with Crippen LogP contribution in [0.4, 0.5) is 0 Å². The summed E-state index contributed by atoms with van der Waals surface area (Å²) in [6, 6.07) is 11.3. The number of ether oxygens (including phenoxy) is 2. The van der Waals surface area contributed by atoms with Gasteiger partial charge in [-0.2, -0.15) is 0 Å². The SMILES string of the molecule is CCCCOc1c2cccc1CC1=CC(=O)C=C(Cc3cccc(c3OCCCC)CC3=CC(=O)C=C(C2)C3=O)C1=O. The van der Waals surface area contributed by atoms with Gasteiger partial charge >= 0.3 is 0 Å². The molecule has 3 aliphatic carbocycles. The summed E-state index contributed by atoms with van der Waals surface area (Å²) in [7, 11) is 0. The van der Waals surface area contributed by atoms with Crippen molar-refractivity contribution in [2.24, 2.45) is 0 Å². The molecule has 0 amide bonds. The van der Waals surface area contributed by atoms with Crippen LogP contribution in [0.3, 0.4) is 0 Å². The second-order valence-electron chi connectivity index (χ2n) is 11.1. The molecule has 2 aromatic carbocycles. The van der Waals surface area contributed by atoms with E-state index in [0.29, 0.717) is 47.0 Å². The Morgan fingerprint density at radius 2 is 0.833 bits per heavy atom. The fraction of sp³-hybridized carbons (Fsp3) is 0.333. The van der Waals surface area contributed by atoms with Crippen molar-refractivity contribution in [3.63, 3.8) is 0 Å². The number of hydrogen-bond acceptors (Lipinski definition) is 6. The van der Waals surface area contributed by atoms with Crippen LogP contribution in [0, 0.1) is 0 Å². The van der Waals surface area contributed by atoms with Gasteiger partial charge in [-0.25, -0.2) is 0 Å². The number of ketones is 4. The molecule has 0 fully saturated rings. The van der Waals surface area contributed by atoms with Crippen LogP contribution < -0.4 is 9.47 Å². The normalized spacial score (nSPS) is 16.8. The molecule has 2 aromatic rings. The Morgan fingerprint density at radius 3 is 1.12 bits per heavy atom. The van der Waals surface area contributed by atoms with Gasteiger partial charge in [0.1, 0.15) is 11.5 Å². The summed E-state index contributed by atoms with van der Waals surface area (Å²) in [5.41, 5.74) is 4.67. The van der Waals surface area contributed by atoms with Gasteiger partial charge in [0.25, 0.3) is 0 Å². The highest BCUT2D eigenvalue weighted by Crippen LogP contribution is 2.35. The zero-order valence-corrected chi connectivity index (χ0v) is 24.3. The minimum Gasteiger partial charge on any atom is -0.493 e. The topological polar surface area (TPSA) is 86.7 Å². The molecule has 0 heterocycles. The van der Waals surface area contributed by atoms with Crippen molar-refractivity contribution in [3.05, 3.63) is 105 Å². The number of fused-ring (bicyclic) bond motifs is 8. The van der Waals surface area contributed by atoms with Gasteiger partial charge in [-0.15, -0.1) is 0 Å². The average molecular weight is 565 g/mol. The molecule has 0 spiro atoms. The number of unbranched alkanes of at least 4 members (excludes halogenated alkanes) is 2. The third kappa shape index (κ3) is 6.43. The maximum absolute atomic E-state index is 13.8. The second kappa shape index (κ2) is 13.1. The third-order valence-corrected chi connectivity index (χ3v) is 7.80. The zero-order valence-electron chi connectivity index (χ0n) is 24.3. The maximum atomic E-state index is 13.8. The summed E-state index contributed by atoms with van der Waals surface area (Å²) in [5, 5.41) is 0. The quantitative estimate of drug-likeness (QED) is 0.292. The molecule has 0 aliphatic heterocycles. The number of benzene rings is 2. The van der Waals surface area contributed by atoms with Crippen molar-refractivity contribution in [1.82, 2.24) is 0 Å². The van der Waals surface area contributed by atoms with E-state index >= 15 is 0 Å². The molecule has 0 N–H and O–H groups in total. The molecule has 42 heavy (non-hydrogen) atoms. The minimum absolute atomic E-state index is 0.167. The minimum atomic E-state index is -0.219. The summed E-state index contributed by atoms with van der Waals surface area (Å²) < 4.78 is 12.5. The second-order valence-corrected chi connectivity index (χ2v) is 11.1. The molecule has 0 atom stereocenters. The maximum Gasteiger partial charge on any atom is 0.185 e. The molecule has 216 valence electrons. The highest BCUT2D eigenvalue weighted by atomic mass is 16.5. The number of rotatable bonds is 8. The lowest BCUT2D eigenvalue weighted by atomic mass is 9.84. The van der Waals surface area contributed by atoms with Crippen LogP contribution in [0.2, 0.25) is 0 Å². The van der Waals surface area contributed by atoms with Gasteiger partial charge in [-0.1, -0.05) is 63.1 Å². The number of carbonyl (C=O) groups is 4. The van der Waals surface area contributed by atoms with Crippen LogP contribution in [0.25, 0.3) is 0 Å². The van der Waals surface area contributed by atoms with Gasteiger partial charge in [0.05, 0.1) is 13.2 Å². The molecule has 0 aromatic heterocycles. The molecule has 5 rings (SSSR count). The van der Waals surface area contributed by atoms with Crippen molar-refractivity contribution in [3.8, 4) is 11.5 Å². The lowest BCUT2D eigenvalue weighted by molar-refractivity contribution is -0.115. The summed E-state index contributed by atoms with van der Waals surface area (Å²) in [5.74, 6) is 0.431. The van der Waals surface area contributed by atoms with Crippen LogP contribution in [-0.2, 0) is 44.9 Å². The first-order valence-electron chi connectivity index (χ1n) is 14.8. The Labute approximate surface area is 246 Å². The first-order chi connectivity index (χ1) is 20.4. The fourth-order valence-electron chi connectivity index (χ4n) is 5.63. The van der Waals surface area contributed by atoms with E-state index < -0.39 is 0 Å². The molecule has 6 heteroatoms. The number of para-hydroxylation sites is 2. The van der Waals surface area contributed by atoms with E-state index in [1.54, 1.807) is 0 Å². The molecule has 0 unspecified atom stereocenters. The highest BCUT2D eigenvalue weighted by molar-refractivity contribution is 6.21. The molecule has 0 radical (unpaired) electrons. The van der Waals surface area contributed by atoms with Crippen LogP contribution in [0.1, 0.15) is 61.8 Å². The van der Waals surface area contributed by atoms with E-state index in [9.17, 15) is 19.2 Å². The predicted molar refractivity (Wildman–Crippen MR) is 161 cm³/mol. The standard InChI is InChI=1S/C36H36O6/c1-3-5-13-41-35-23-9-7-10-24(35)16-28-20-32(38)22-30(34(28)40)18-26-12-8-11-25(36(26)42-14-6-4-2)17-29-21-31(37)19-27(15-23)33(29)39/h7-12,19-22H,3-6,13-18H2,1-2H3. The van der Waals surface area contributed by atoms with E-state index in [4.69, 9.17) is 9.47 Å². The van der Waals surface area contributed by atoms with Gasteiger partial charge in [-0.3, -0.25) is 19.2 Å². The Hall–Kier alpha value is -4.32. The van der Waals surface area contributed by atoms with Gasteiger partial charge in [-0.05, 0) is 59.4 Å². The first kappa shape index (κ1) is 29.2. The summed E-state index contributed by atoms with van der Waals surface area (Å²) >= 11 is 0. The predicted octanol–water partition coefficient (Wildman–Crippen LogP) is 5.94. The summed E-state index contributed by atoms with van der Waals surface area (Å²) in [4.78, 5) is 53.2. The smallest absolute Gasteiger partial charge is 0.185 e. The lowest BCUT2D eigenvalue weighted by Gasteiger charge is -2.22. The Kier molecular flexibility index (Phi) is 9.11. The third-order valence-electron chi connectivity index (χ3n) is 7.80. The Bertz CT molecular complexity index is 1360. The van der Waals surface area contributed by atoms with E-state index in [0.717, 1.165) is 47.9 Å². The summed E-state index contributed by atoms with van der Waals surface area (Å²) in [6.45, 7) is 5.10. The van der Waals surface area contributed by atoms with Crippen LogP contribution in [-0.4, -0.2) is 36.3 Å². The number of carbonyl (C=O) groups excluding carboxylic acids is 4. The molecular formula is C36H36O6. The van der Waals surface area contributed by atoms with Gasteiger partial charge in [0, 0.05) is 48.0 Å². The van der Waals surface area contributed by atoms with Crippen molar-refractivity contribution in [2.75, 3.05) is 13.2 Å². The first-order valence-corrected chi connectivity index (χ1v) is 14.8. The monoisotopic (exact) mass is 564 g/mol. The fourth-order valence-corrected chi connectivity index (χ4v) is 5.63. The molecule has 0 saturated carbocycles. The molecular weight excluding hydrogens is 528 g/mol. The van der Waals surface area contributed by atoms with Gasteiger partial charge < -0.3 is 9.47 Å². The van der Waals surface area contributed by atoms with Crippen molar-refractivity contribution >= 4 is 23.1 Å². The number of Topliss-reactive ketones (excluding diaryl/α,β-unsaturated/α-hetero) is 2. The largest absolute Gasteiger partial charge is 0.493 e. The Morgan fingerprint density at radius 1 is 0.524 bits per heavy atom. The number of hydrogen-bond donors (Lipinski definition) is 0. The molecule has 6 nitrogen and oxygen atoms in total. The van der Waals surface area contributed by atoms with Gasteiger partial charge in [0.15, 0.2) is 23.1 Å². The van der Waals surface area contributed by atoms with Crippen molar-refractivity contribution in [1.29, 1.82) is 0 Å².